The maximum atomic E-state index is 13.1. The van der Waals surface area contributed by atoms with Crippen molar-refractivity contribution in [1.82, 2.24) is 14.9 Å². The molecule has 1 heterocycles. The van der Waals surface area contributed by atoms with Crippen molar-refractivity contribution in [2.75, 3.05) is 0 Å². The van der Waals surface area contributed by atoms with Crippen LogP contribution < -0.4 is 5.56 Å². The third-order valence-corrected chi connectivity index (χ3v) is 4.38. The number of nitrogens with one attached hydrogen (secondary N) is 1. The fourth-order valence-corrected chi connectivity index (χ4v) is 2.98. The standard InChI is InChI=1S/C19H18FN3O/c20-14-7-5-13(6-8-14)11-23(15-9-10-15)12-18-21-17-4-2-1-3-16(17)19(24)22-18/h1-8,15H,9-12H2,(H,21,22,24). The molecule has 0 unspecified atom stereocenters. The zero-order valence-electron chi connectivity index (χ0n) is 13.2. The average Bonchev–Trinajstić information content (AvgIpc) is 3.41. The van der Waals surface area contributed by atoms with Crippen LogP contribution in [-0.4, -0.2) is 20.9 Å². The van der Waals surface area contributed by atoms with E-state index in [4.69, 9.17) is 0 Å². The summed E-state index contributed by atoms with van der Waals surface area (Å²) in [4.78, 5) is 22.0. The predicted octanol–water partition coefficient (Wildman–Crippen LogP) is 3.23. The molecule has 1 aliphatic rings. The Balaban J connectivity index is 1.59. The first-order valence-electron chi connectivity index (χ1n) is 8.15. The molecular formula is C19H18FN3O. The second-order valence-electron chi connectivity index (χ2n) is 6.29. The minimum atomic E-state index is -0.225. The normalized spacial score (nSPS) is 14.4. The summed E-state index contributed by atoms with van der Waals surface area (Å²) in [5.41, 5.74) is 1.67. The zero-order chi connectivity index (χ0) is 16.5. The molecular weight excluding hydrogens is 305 g/mol. The Bertz CT molecular complexity index is 916. The Morgan fingerprint density at radius 2 is 1.83 bits per heavy atom. The number of H-pyrrole nitrogens is 1. The fourth-order valence-electron chi connectivity index (χ4n) is 2.98. The van der Waals surface area contributed by atoms with E-state index >= 15 is 0 Å². The van der Waals surface area contributed by atoms with Crippen LogP contribution >= 0.6 is 0 Å². The summed E-state index contributed by atoms with van der Waals surface area (Å²) < 4.78 is 13.1. The molecule has 1 N–H and O–H groups in total. The second kappa shape index (κ2) is 6.17. The molecule has 0 bridgehead atoms. The van der Waals surface area contributed by atoms with Crippen LogP contribution in [-0.2, 0) is 13.1 Å². The van der Waals surface area contributed by atoms with Gasteiger partial charge in [-0.2, -0.15) is 0 Å². The Kier molecular flexibility index (Phi) is 3.86. The van der Waals surface area contributed by atoms with Crippen LogP contribution in [0.25, 0.3) is 10.9 Å². The number of rotatable bonds is 5. The van der Waals surface area contributed by atoms with E-state index in [0.717, 1.165) is 24.9 Å². The lowest BCUT2D eigenvalue weighted by Gasteiger charge is -2.21. The van der Waals surface area contributed by atoms with Gasteiger partial charge in [0.15, 0.2) is 0 Å². The maximum absolute atomic E-state index is 13.1. The van der Waals surface area contributed by atoms with Crippen molar-refractivity contribution < 1.29 is 4.39 Å². The van der Waals surface area contributed by atoms with Crippen LogP contribution in [0.3, 0.4) is 0 Å². The molecule has 2 aromatic carbocycles. The largest absolute Gasteiger partial charge is 0.309 e. The Morgan fingerprint density at radius 1 is 1.08 bits per heavy atom. The number of hydrogen-bond donors (Lipinski definition) is 1. The molecule has 4 nitrogen and oxygen atoms in total. The molecule has 0 radical (unpaired) electrons. The van der Waals surface area contributed by atoms with Crippen molar-refractivity contribution in [3.05, 3.63) is 76.1 Å². The van der Waals surface area contributed by atoms with E-state index < -0.39 is 0 Å². The molecule has 24 heavy (non-hydrogen) atoms. The van der Waals surface area contributed by atoms with Gasteiger partial charge >= 0.3 is 0 Å². The average molecular weight is 323 g/mol. The van der Waals surface area contributed by atoms with Crippen molar-refractivity contribution in [2.24, 2.45) is 0 Å². The monoisotopic (exact) mass is 323 g/mol. The highest BCUT2D eigenvalue weighted by Gasteiger charge is 2.29. The van der Waals surface area contributed by atoms with E-state index in [-0.39, 0.29) is 11.4 Å². The topological polar surface area (TPSA) is 49.0 Å². The van der Waals surface area contributed by atoms with Gasteiger partial charge in [0.05, 0.1) is 17.4 Å². The van der Waals surface area contributed by atoms with Gasteiger partial charge in [0, 0.05) is 12.6 Å². The van der Waals surface area contributed by atoms with Gasteiger partial charge in [-0.3, -0.25) is 9.69 Å². The summed E-state index contributed by atoms with van der Waals surface area (Å²) in [6.07, 6.45) is 2.30. The molecule has 5 heteroatoms. The Morgan fingerprint density at radius 3 is 2.58 bits per heavy atom. The SMILES string of the molecule is O=c1[nH]c(CN(Cc2ccc(F)cc2)C2CC2)nc2ccccc12. The van der Waals surface area contributed by atoms with Gasteiger partial charge in [-0.25, -0.2) is 9.37 Å². The number of fused-ring (bicyclic) bond motifs is 1. The Hall–Kier alpha value is -2.53. The molecule has 0 aliphatic heterocycles. The fraction of sp³-hybridized carbons (Fsp3) is 0.263. The molecule has 1 aliphatic carbocycles. The van der Waals surface area contributed by atoms with Gasteiger partial charge in [0.2, 0.25) is 0 Å². The van der Waals surface area contributed by atoms with E-state index in [1.807, 2.05) is 18.2 Å². The molecule has 0 amide bonds. The zero-order valence-corrected chi connectivity index (χ0v) is 13.2. The molecule has 1 fully saturated rings. The quantitative estimate of drug-likeness (QED) is 0.784. The summed E-state index contributed by atoms with van der Waals surface area (Å²) in [6, 6.07) is 14.4. The van der Waals surface area contributed by atoms with Crippen LogP contribution in [0, 0.1) is 5.82 Å². The lowest BCUT2D eigenvalue weighted by Crippen LogP contribution is -2.27. The smallest absolute Gasteiger partial charge is 0.258 e. The summed E-state index contributed by atoms with van der Waals surface area (Å²) in [6.45, 7) is 1.31. The summed E-state index contributed by atoms with van der Waals surface area (Å²) in [5, 5.41) is 0.609. The number of aromatic nitrogens is 2. The molecule has 1 saturated carbocycles. The molecule has 0 saturated heterocycles. The van der Waals surface area contributed by atoms with Gasteiger partial charge in [0.1, 0.15) is 11.6 Å². The van der Waals surface area contributed by atoms with Crippen LogP contribution in [0.5, 0.6) is 0 Å². The number of nitrogens with zero attached hydrogens (tertiary/aromatic N) is 2. The predicted molar refractivity (Wildman–Crippen MR) is 91.0 cm³/mol. The maximum Gasteiger partial charge on any atom is 0.258 e. The lowest BCUT2D eigenvalue weighted by molar-refractivity contribution is 0.239. The van der Waals surface area contributed by atoms with Crippen LogP contribution in [0.4, 0.5) is 4.39 Å². The van der Waals surface area contributed by atoms with E-state index in [1.54, 1.807) is 18.2 Å². The van der Waals surface area contributed by atoms with Crippen LogP contribution in [0.1, 0.15) is 24.2 Å². The summed E-state index contributed by atoms with van der Waals surface area (Å²) in [5.74, 6) is 0.449. The third kappa shape index (κ3) is 3.21. The molecule has 4 rings (SSSR count). The molecule has 0 atom stereocenters. The molecule has 1 aromatic heterocycles. The minimum absolute atomic E-state index is 0.104. The number of hydrogen-bond acceptors (Lipinski definition) is 3. The van der Waals surface area contributed by atoms with E-state index in [2.05, 4.69) is 14.9 Å². The van der Waals surface area contributed by atoms with E-state index in [0.29, 0.717) is 29.3 Å². The van der Waals surface area contributed by atoms with Gasteiger partial charge < -0.3 is 4.98 Å². The number of para-hydroxylation sites is 1. The van der Waals surface area contributed by atoms with Crippen molar-refractivity contribution >= 4 is 10.9 Å². The molecule has 122 valence electrons. The van der Waals surface area contributed by atoms with Crippen LogP contribution in [0.2, 0.25) is 0 Å². The highest BCUT2D eigenvalue weighted by atomic mass is 19.1. The third-order valence-electron chi connectivity index (χ3n) is 4.38. The van der Waals surface area contributed by atoms with Crippen molar-refractivity contribution in [2.45, 2.75) is 32.0 Å². The van der Waals surface area contributed by atoms with Crippen molar-refractivity contribution in [3.8, 4) is 0 Å². The second-order valence-corrected chi connectivity index (χ2v) is 6.29. The first-order chi connectivity index (χ1) is 11.7. The first-order valence-corrected chi connectivity index (χ1v) is 8.15. The first kappa shape index (κ1) is 15.0. The minimum Gasteiger partial charge on any atom is -0.309 e. The summed E-state index contributed by atoms with van der Waals surface area (Å²) in [7, 11) is 0. The van der Waals surface area contributed by atoms with E-state index in [1.165, 1.54) is 12.1 Å². The van der Waals surface area contributed by atoms with Gasteiger partial charge in [0.25, 0.3) is 5.56 Å². The highest BCUT2D eigenvalue weighted by Crippen LogP contribution is 2.29. The van der Waals surface area contributed by atoms with Crippen LogP contribution in [0.15, 0.2) is 53.3 Å². The number of halogens is 1. The van der Waals surface area contributed by atoms with Gasteiger partial charge in [-0.15, -0.1) is 0 Å². The van der Waals surface area contributed by atoms with Crippen molar-refractivity contribution in [3.63, 3.8) is 0 Å². The summed E-state index contributed by atoms with van der Waals surface area (Å²) >= 11 is 0. The van der Waals surface area contributed by atoms with Gasteiger partial charge in [-0.05, 0) is 42.7 Å². The van der Waals surface area contributed by atoms with Gasteiger partial charge in [-0.1, -0.05) is 24.3 Å². The number of benzene rings is 2. The molecule has 0 spiro atoms. The van der Waals surface area contributed by atoms with Crippen molar-refractivity contribution in [1.29, 1.82) is 0 Å². The highest BCUT2D eigenvalue weighted by molar-refractivity contribution is 5.77. The van der Waals surface area contributed by atoms with E-state index in [9.17, 15) is 9.18 Å². The Labute approximate surface area is 139 Å². The molecule has 3 aromatic rings. The lowest BCUT2D eigenvalue weighted by atomic mass is 10.2. The number of aromatic amines is 1.